The van der Waals surface area contributed by atoms with Gasteiger partial charge >= 0.3 is 6.18 Å². The van der Waals surface area contributed by atoms with Crippen LogP contribution in [0.25, 0.3) is 0 Å². The second-order valence-electron chi connectivity index (χ2n) is 6.40. The number of benzene rings is 1. The van der Waals surface area contributed by atoms with Crippen molar-refractivity contribution in [2.75, 3.05) is 0 Å². The van der Waals surface area contributed by atoms with Crippen LogP contribution in [-0.4, -0.2) is 28.7 Å². The molecule has 10 heteroatoms. The Hall–Kier alpha value is -2.68. The number of nitrogens with zero attached hydrogens (tertiary/aromatic N) is 2. The van der Waals surface area contributed by atoms with E-state index in [0.717, 1.165) is 12.1 Å². The number of hydrogen-bond donors (Lipinski definition) is 3. The molecule has 1 aliphatic heterocycles. The van der Waals surface area contributed by atoms with Gasteiger partial charge in [0.15, 0.2) is 0 Å². The first-order chi connectivity index (χ1) is 13.0. The van der Waals surface area contributed by atoms with Crippen LogP contribution in [-0.2, 0) is 6.18 Å². The Bertz CT molecular complexity index is 863. The van der Waals surface area contributed by atoms with Crippen LogP contribution in [0.5, 0.6) is 0 Å². The van der Waals surface area contributed by atoms with Gasteiger partial charge in [-0.2, -0.15) is 13.2 Å². The molecule has 0 saturated carbocycles. The van der Waals surface area contributed by atoms with Crippen molar-refractivity contribution in [3.05, 3.63) is 58.0 Å². The molecule has 1 amide bonds. The lowest BCUT2D eigenvalue weighted by Gasteiger charge is -2.39. The van der Waals surface area contributed by atoms with Gasteiger partial charge in [-0.15, -0.1) is 0 Å². The number of carbonyl (C=O) groups is 1. The Balaban J connectivity index is 2.44. The van der Waals surface area contributed by atoms with E-state index < -0.39 is 34.8 Å². The number of nitrogens with two attached hydrogens (primary N) is 3. The molecular formula is C18H21ClF3N5O. The fourth-order valence-corrected chi connectivity index (χ4v) is 3.42. The molecule has 0 spiro atoms. The highest BCUT2D eigenvalue weighted by atomic mass is 35.5. The molecule has 0 saturated heterocycles. The third-order valence-corrected chi connectivity index (χ3v) is 4.87. The van der Waals surface area contributed by atoms with E-state index in [-0.39, 0.29) is 17.8 Å². The summed E-state index contributed by atoms with van der Waals surface area (Å²) < 4.78 is 39.3. The van der Waals surface area contributed by atoms with Gasteiger partial charge in [0, 0.05) is 12.5 Å². The van der Waals surface area contributed by atoms with E-state index >= 15 is 0 Å². The number of hydrogen-bond acceptors (Lipinski definition) is 4. The highest BCUT2D eigenvalue weighted by Crippen LogP contribution is 2.37. The highest BCUT2D eigenvalue weighted by Gasteiger charge is 2.38. The van der Waals surface area contributed by atoms with Crippen LogP contribution in [0.15, 0.2) is 46.9 Å². The number of carbonyl (C=O) groups excluding carboxylic acids is 1. The fourth-order valence-electron chi connectivity index (χ4n) is 3.10. The maximum absolute atomic E-state index is 13.1. The molecule has 0 fully saturated rings. The molecule has 1 heterocycles. The summed E-state index contributed by atoms with van der Waals surface area (Å²) in [5, 5.41) is -0.636. The van der Waals surface area contributed by atoms with Crippen LogP contribution < -0.4 is 17.2 Å². The topological polar surface area (TPSA) is 111 Å². The van der Waals surface area contributed by atoms with Crippen molar-refractivity contribution in [2.24, 2.45) is 22.2 Å². The average Bonchev–Trinajstić information content (AvgIpc) is 2.58. The van der Waals surface area contributed by atoms with E-state index in [4.69, 9.17) is 28.8 Å². The van der Waals surface area contributed by atoms with Gasteiger partial charge in [-0.3, -0.25) is 4.79 Å². The first-order valence-electron chi connectivity index (χ1n) is 8.38. The average molecular weight is 416 g/mol. The van der Waals surface area contributed by atoms with Crippen molar-refractivity contribution in [2.45, 2.75) is 38.5 Å². The molecule has 28 heavy (non-hydrogen) atoms. The summed E-state index contributed by atoms with van der Waals surface area (Å²) in [5.74, 6) is -0.488. The first-order valence-corrected chi connectivity index (χ1v) is 8.76. The molecule has 1 aromatic carbocycles. The van der Waals surface area contributed by atoms with E-state index in [9.17, 15) is 18.0 Å². The highest BCUT2D eigenvalue weighted by molar-refractivity contribution is 6.34. The second-order valence-corrected chi connectivity index (χ2v) is 6.78. The number of amidine groups is 1. The van der Waals surface area contributed by atoms with Crippen molar-refractivity contribution in [3.63, 3.8) is 0 Å². The minimum Gasteiger partial charge on any atom is -0.404 e. The summed E-state index contributed by atoms with van der Waals surface area (Å²) in [6.45, 7) is 3.40. The van der Waals surface area contributed by atoms with Crippen molar-refractivity contribution in [1.82, 2.24) is 4.90 Å². The minimum atomic E-state index is -4.67. The molecule has 0 radical (unpaired) electrons. The number of alkyl halides is 3. The molecule has 2 unspecified atom stereocenters. The van der Waals surface area contributed by atoms with Crippen LogP contribution in [0.2, 0.25) is 5.02 Å². The Morgan fingerprint density at radius 2 is 2.00 bits per heavy atom. The van der Waals surface area contributed by atoms with E-state index in [1.807, 2.05) is 0 Å². The van der Waals surface area contributed by atoms with E-state index in [1.165, 1.54) is 23.2 Å². The molecule has 0 aliphatic carbocycles. The van der Waals surface area contributed by atoms with Gasteiger partial charge in [0.2, 0.25) is 0 Å². The van der Waals surface area contributed by atoms with Crippen molar-refractivity contribution in [1.29, 1.82) is 0 Å². The normalized spacial score (nSPS) is 21.5. The summed E-state index contributed by atoms with van der Waals surface area (Å²) in [7, 11) is 0. The molecule has 2 rings (SSSR count). The number of amides is 1. The van der Waals surface area contributed by atoms with Crippen LogP contribution in [0.3, 0.4) is 0 Å². The van der Waals surface area contributed by atoms with Crippen molar-refractivity contribution < 1.29 is 18.0 Å². The summed E-state index contributed by atoms with van der Waals surface area (Å²) in [5.41, 5.74) is 16.6. The predicted molar refractivity (Wildman–Crippen MR) is 102 cm³/mol. The molecule has 6 nitrogen and oxygen atoms in total. The smallest absolute Gasteiger partial charge is 0.404 e. The largest absolute Gasteiger partial charge is 0.417 e. The van der Waals surface area contributed by atoms with E-state index in [0.29, 0.717) is 11.4 Å². The molecule has 1 aromatic rings. The number of aliphatic imine (C=N–C) groups is 1. The number of halogens is 4. The van der Waals surface area contributed by atoms with E-state index in [2.05, 4.69) is 4.99 Å². The molecule has 0 aromatic heterocycles. The molecule has 2 atom stereocenters. The zero-order chi connectivity index (χ0) is 21.2. The Kier molecular flexibility index (Phi) is 6.28. The molecule has 1 aliphatic rings. The van der Waals surface area contributed by atoms with Crippen LogP contribution in [0.1, 0.15) is 36.2 Å². The fraction of sp³-hybridized carbons (Fsp3) is 0.333. The summed E-state index contributed by atoms with van der Waals surface area (Å²) in [6, 6.07) is 2.23. The monoisotopic (exact) mass is 415 g/mol. The quantitative estimate of drug-likeness (QED) is 0.520. The van der Waals surface area contributed by atoms with Gasteiger partial charge in [-0.05, 0) is 38.3 Å². The zero-order valence-electron chi connectivity index (χ0n) is 15.3. The first kappa shape index (κ1) is 21.6. The molecular weight excluding hydrogens is 395 g/mol. The maximum atomic E-state index is 13.1. The van der Waals surface area contributed by atoms with Crippen LogP contribution in [0.4, 0.5) is 13.2 Å². The molecule has 6 N–H and O–H groups in total. The van der Waals surface area contributed by atoms with Gasteiger partial charge in [-0.25, -0.2) is 4.99 Å². The summed E-state index contributed by atoms with van der Waals surface area (Å²) in [6.07, 6.45) is -1.76. The lowest BCUT2D eigenvalue weighted by Crippen LogP contribution is -2.50. The summed E-state index contributed by atoms with van der Waals surface area (Å²) in [4.78, 5) is 18.6. The Labute approximate surface area is 165 Å². The molecule has 152 valence electrons. The zero-order valence-corrected chi connectivity index (χ0v) is 16.1. The standard InChI is InChI=1S/C18H21ClF3N5O/c1-9-8-13(26-14(24)6-7-23)16(25)10(2)27(9)17(28)11-4-3-5-12(15(11)19)18(20,21)22/h3-7,9-10H,8,23,25H2,1-2H3,(H2,24,26). The second kappa shape index (κ2) is 8.14. The van der Waals surface area contributed by atoms with Crippen LogP contribution in [0, 0.1) is 0 Å². The van der Waals surface area contributed by atoms with Gasteiger partial charge < -0.3 is 22.1 Å². The van der Waals surface area contributed by atoms with Gasteiger partial charge in [0.1, 0.15) is 5.84 Å². The van der Waals surface area contributed by atoms with Gasteiger partial charge in [0.25, 0.3) is 5.91 Å². The minimum absolute atomic E-state index is 0.153. The summed E-state index contributed by atoms with van der Waals surface area (Å²) >= 11 is 5.90. The Morgan fingerprint density at radius 1 is 1.36 bits per heavy atom. The van der Waals surface area contributed by atoms with Crippen LogP contribution >= 0.6 is 11.6 Å². The lowest BCUT2D eigenvalue weighted by molar-refractivity contribution is -0.137. The lowest BCUT2D eigenvalue weighted by atomic mass is 9.97. The SMILES string of the molecule is CC1CC(N=C(N)C=CN)=C(N)C(C)N1C(=O)c1cccc(C(F)(F)F)c1Cl. The van der Waals surface area contributed by atoms with Gasteiger partial charge in [-0.1, -0.05) is 17.7 Å². The predicted octanol–water partition coefficient (Wildman–Crippen LogP) is 2.98. The number of rotatable bonds is 3. The third-order valence-electron chi connectivity index (χ3n) is 4.46. The van der Waals surface area contributed by atoms with Crippen molar-refractivity contribution in [3.8, 4) is 0 Å². The van der Waals surface area contributed by atoms with Gasteiger partial charge in [0.05, 0.1) is 33.6 Å². The maximum Gasteiger partial charge on any atom is 0.417 e. The third kappa shape index (κ3) is 4.24. The van der Waals surface area contributed by atoms with Crippen molar-refractivity contribution >= 4 is 23.3 Å². The van der Waals surface area contributed by atoms with E-state index in [1.54, 1.807) is 13.8 Å². The molecule has 0 bridgehead atoms. The Morgan fingerprint density at radius 3 is 2.57 bits per heavy atom.